The van der Waals surface area contributed by atoms with Crippen LogP contribution in [-0.4, -0.2) is 21.0 Å². The Morgan fingerprint density at radius 3 is 2.62 bits per heavy atom. The highest BCUT2D eigenvalue weighted by Crippen LogP contribution is 2.45. The van der Waals surface area contributed by atoms with Crippen LogP contribution >= 0.6 is 23.2 Å². The molecule has 4 rings (SSSR count). The summed E-state index contributed by atoms with van der Waals surface area (Å²) in [5.41, 5.74) is 3.14. The molecule has 0 radical (unpaired) electrons. The number of carboxylic acids is 1. The largest absolute Gasteiger partial charge is 0.484 e. The monoisotopic (exact) mass is 428 g/mol. The highest BCUT2D eigenvalue weighted by atomic mass is 35.5. The van der Waals surface area contributed by atoms with Gasteiger partial charge in [0.15, 0.2) is 0 Å². The van der Waals surface area contributed by atoms with E-state index in [0.29, 0.717) is 27.4 Å². The van der Waals surface area contributed by atoms with Crippen LogP contribution in [0.1, 0.15) is 48.6 Å². The molecule has 0 bridgehead atoms. The van der Waals surface area contributed by atoms with Crippen molar-refractivity contribution >= 4 is 46.2 Å². The average Bonchev–Trinajstić information content (AvgIpc) is 3.50. The van der Waals surface area contributed by atoms with Gasteiger partial charge in [-0.15, -0.1) is 0 Å². The standard InChI is InChI=1S/C22H18Cl2N2O3/c1-12(21-16(23)3-2-4-17(21)24)29-14-9-15-19(25-10-14)11-26-18(7-8-20(27)28)22(15)13-5-6-13/h2-4,7-13H,5-6H2,1H3,(H,27,28)/b8-7+/t12-/m0/s1. The van der Waals surface area contributed by atoms with Crippen LogP contribution in [-0.2, 0) is 4.79 Å². The number of ether oxygens (including phenoxy) is 1. The Kier molecular flexibility index (Phi) is 5.43. The highest BCUT2D eigenvalue weighted by Gasteiger charge is 2.29. The van der Waals surface area contributed by atoms with E-state index < -0.39 is 5.97 Å². The molecule has 5 nitrogen and oxygen atoms in total. The molecular formula is C22H18Cl2N2O3. The van der Waals surface area contributed by atoms with Crippen LogP contribution in [0.4, 0.5) is 0 Å². The Bertz CT molecular complexity index is 1110. The van der Waals surface area contributed by atoms with Crippen molar-refractivity contribution in [2.45, 2.75) is 31.8 Å². The Morgan fingerprint density at radius 1 is 1.24 bits per heavy atom. The first kappa shape index (κ1) is 19.7. The molecule has 1 aliphatic carbocycles. The average molecular weight is 429 g/mol. The summed E-state index contributed by atoms with van der Waals surface area (Å²) in [6, 6.07) is 7.27. The van der Waals surface area contributed by atoms with E-state index in [9.17, 15) is 4.79 Å². The maximum atomic E-state index is 10.9. The lowest BCUT2D eigenvalue weighted by Crippen LogP contribution is -2.05. The fourth-order valence-corrected chi connectivity index (χ4v) is 4.13. The van der Waals surface area contributed by atoms with Crippen molar-refractivity contribution < 1.29 is 14.6 Å². The maximum Gasteiger partial charge on any atom is 0.328 e. The molecule has 0 saturated heterocycles. The van der Waals surface area contributed by atoms with E-state index in [1.165, 1.54) is 6.08 Å². The van der Waals surface area contributed by atoms with Gasteiger partial charge in [0.2, 0.25) is 0 Å². The molecule has 2 aromatic heterocycles. The summed E-state index contributed by atoms with van der Waals surface area (Å²) in [6.45, 7) is 1.88. The molecule has 0 spiro atoms. The Balaban J connectivity index is 1.73. The summed E-state index contributed by atoms with van der Waals surface area (Å²) in [6.07, 6.45) is 7.67. The summed E-state index contributed by atoms with van der Waals surface area (Å²) in [5.74, 6) is -0.0660. The SMILES string of the molecule is C[C@H](Oc1cnc2cnc(/C=C/C(=O)O)c(C3CC3)c2c1)c1c(Cl)cccc1Cl. The summed E-state index contributed by atoms with van der Waals surface area (Å²) in [4.78, 5) is 19.8. The van der Waals surface area contributed by atoms with Crippen molar-refractivity contribution in [2.75, 3.05) is 0 Å². The summed E-state index contributed by atoms with van der Waals surface area (Å²) in [7, 11) is 0. The number of hydrogen-bond acceptors (Lipinski definition) is 4. The molecule has 1 aliphatic rings. The number of aliphatic carboxylic acids is 1. The zero-order valence-electron chi connectivity index (χ0n) is 15.6. The van der Waals surface area contributed by atoms with Crippen LogP contribution in [0.5, 0.6) is 5.75 Å². The van der Waals surface area contributed by atoms with Gasteiger partial charge in [-0.05, 0) is 55.5 Å². The minimum absolute atomic E-state index is 0.354. The second-order valence-corrected chi connectivity index (χ2v) is 7.82. The number of halogens is 2. The summed E-state index contributed by atoms with van der Waals surface area (Å²) >= 11 is 12.6. The quantitative estimate of drug-likeness (QED) is 0.483. The number of carbonyl (C=O) groups is 1. The number of fused-ring (bicyclic) bond motifs is 1. The number of rotatable bonds is 6. The molecule has 1 N–H and O–H groups in total. The number of aromatic nitrogens is 2. The molecule has 1 fully saturated rings. The van der Waals surface area contributed by atoms with E-state index in [0.717, 1.165) is 40.9 Å². The maximum absolute atomic E-state index is 10.9. The second kappa shape index (κ2) is 8.01. The molecule has 1 atom stereocenters. The van der Waals surface area contributed by atoms with E-state index in [1.807, 2.05) is 13.0 Å². The Hall–Kier alpha value is -2.63. The lowest BCUT2D eigenvalue weighted by Gasteiger charge is -2.18. The van der Waals surface area contributed by atoms with E-state index in [4.69, 9.17) is 33.0 Å². The number of hydrogen-bond donors (Lipinski definition) is 1. The molecule has 2 heterocycles. The lowest BCUT2D eigenvalue weighted by molar-refractivity contribution is -0.131. The van der Waals surface area contributed by atoms with E-state index >= 15 is 0 Å². The highest BCUT2D eigenvalue weighted by molar-refractivity contribution is 6.36. The van der Waals surface area contributed by atoms with Gasteiger partial charge in [0.05, 0.1) is 23.6 Å². The summed E-state index contributed by atoms with van der Waals surface area (Å²) in [5, 5.41) is 11.0. The van der Waals surface area contributed by atoms with Crippen LogP contribution in [0.15, 0.2) is 42.7 Å². The fraction of sp³-hybridized carbons (Fsp3) is 0.227. The minimum atomic E-state index is -1.01. The fourth-order valence-electron chi connectivity index (χ4n) is 3.42. The van der Waals surface area contributed by atoms with Gasteiger partial charge in [0.1, 0.15) is 11.9 Å². The van der Waals surface area contributed by atoms with Gasteiger partial charge >= 0.3 is 5.97 Å². The second-order valence-electron chi connectivity index (χ2n) is 7.00. The third-order valence-corrected chi connectivity index (χ3v) is 5.53. The normalized spacial score (nSPS) is 15.0. The molecule has 29 heavy (non-hydrogen) atoms. The zero-order valence-corrected chi connectivity index (χ0v) is 17.1. The van der Waals surface area contributed by atoms with Gasteiger partial charge < -0.3 is 9.84 Å². The minimum Gasteiger partial charge on any atom is -0.484 e. The molecule has 1 aromatic carbocycles. The number of carboxylic acid groups (broad SMARTS) is 1. The molecule has 148 valence electrons. The van der Waals surface area contributed by atoms with Crippen molar-refractivity contribution in [3.8, 4) is 5.75 Å². The zero-order chi connectivity index (χ0) is 20.5. The lowest BCUT2D eigenvalue weighted by atomic mass is 10.0. The predicted molar refractivity (Wildman–Crippen MR) is 114 cm³/mol. The number of nitrogens with zero attached hydrogens (tertiary/aromatic N) is 2. The predicted octanol–water partition coefficient (Wildman–Crippen LogP) is 6.05. The van der Waals surface area contributed by atoms with Crippen molar-refractivity contribution in [3.05, 3.63) is 69.6 Å². The molecular weight excluding hydrogens is 411 g/mol. The van der Waals surface area contributed by atoms with Gasteiger partial charge in [0.25, 0.3) is 0 Å². The number of benzene rings is 1. The summed E-state index contributed by atoms with van der Waals surface area (Å²) < 4.78 is 6.10. The molecule has 0 aliphatic heterocycles. The van der Waals surface area contributed by atoms with Crippen LogP contribution in [0.2, 0.25) is 10.0 Å². The number of pyridine rings is 2. The van der Waals surface area contributed by atoms with Gasteiger partial charge in [-0.25, -0.2) is 4.79 Å². The first-order valence-corrected chi connectivity index (χ1v) is 10.00. The van der Waals surface area contributed by atoms with Gasteiger partial charge in [-0.1, -0.05) is 29.3 Å². The van der Waals surface area contributed by atoms with Crippen molar-refractivity contribution in [2.24, 2.45) is 0 Å². The van der Waals surface area contributed by atoms with Crippen LogP contribution < -0.4 is 4.74 Å². The molecule has 0 unspecified atom stereocenters. The van der Waals surface area contributed by atoms with Crippen molar-refractivity contribution in [1.29, 1.82) is 0 Å². The van der Waals surface area contributed by atoms with E-state index in [1.54, 1.807) is 30.6 Å². The molecule has 7 heteroatoms. The first-order chi connectivity index (χ1) is 13.9. The molecule has 0 amide bonds. The van der Waals surface area contributed by atoms with E-state index in [-0.39, 0.29) is 6.10 Å². The van der Waals surface area contributed by atoms with Gasteiger partial charge in [-0.2, -0.15) is 0 Å². The van der Waals surface area contributed by atoms with Gasteiger partial charge in [0, 0.05) is 27.1 Å². The molecule has 3 aromatic rings. The van der Waals surface area contributed by atoms with Crippen LogP contribution in [0, 0.1) is 0 Å². The van der Waals surface area contributed by atoms with Crippen LogP contribution in [0.25, 0.3) is 17.0 Å². The van der Waals surface area contributed by atoms with Crippen LogP contribution in [0.3, 0.4) is 0 Å². The first-order valence-electron chi connectivity index (χ1n) is 9.24. The topological polar surface area (TPSA) is 72.3 Å². The Labute approximate surface area is 178 Å². The Morgan fingerprint density at radius 2 is 1.97 bits per heavy atom. The van der Waals surface area contributed by atoms with Crippen molar-refractivity contribution in [3.63, 3.8) is 0 Å². The third kappa shape index (κ3) is 4.21. The van der Waals surface area contributed by atoms with E-state index in [2.05, 4.69) is 9.97 Å². The van der Waals surface area contributed by atoms with Crippen molar-refractivity contribution in [1.82, 2.24) is 9.97 Å². The molecule has 1 saturated carbocycles. The van der Waals surface area contributed by atoms with Gasteiger partial charge in [-0.3, -0.25) is 9.97 Å². The smallest absolute Gasteiger partial charge is 0.328 e. The third-order valence-electron chi connectivity index (χ3n) is 4.87.